The fraction of sp³-hybridized carbons (Fsp3) is 0.235. The van der Waals surface area contributed by atoms with E-state index in [0.29, 0.717) is 5.75 Å². The van der Waals surface area contributed by atoms with Crippen molar-refractivity contribution in [3.05, 3.63) is 54.6 Å². The molecule has 0 amide bonds. The van der Waals surface area contributed by atoms with Crippen LogP contribution in [0.25, 0.3) is 10.8 Å². The van der Waals surface area contributed by atoms with E-state index in [9.17, 15) is 4.79 Å². The minimum absolute atomic E-state index is 0.255. The van der Waals surface area contributed by atoms with Gasteiger partial charge in [0, 0.05) is 23.3 Å². The van der Waals surface area contributed by atoms with Gasteiger partial charge in [-0.2, -0.15) is 0 Å². The number of carbonyl (C=O) groups excluding carboxylic acids is 1. The summed E-state index contributed by atoms with van der Waals surface area (Å²) in [6.07, 6.45) is 1.87. The molecule has 0 aliphatic carbocycles. The zero-order valence-electron chi connectivity index (χ0n) is 11.6. The SMILES string of the molecule is C=CC(C)(C)c1ccc2ccccc2c1OC(C)=O. The van der Waals surface area contributed by atoms with Gasteiger partial charge in [0.25, 0.3) is 0 Å². The predicted molar refractivity (Wildman–Crippen MR) is 78.5 cm³/mol. The molecule has 0 unspecified atom stereocenters. The first kappa shape index (κ1) is 13.3. The van der Waals surface area contributed by atoms with E-state index in [1.165, 1.54) is 6.92 Å². The number of carbonyl (C=O) groups is 1. The predicted octanol–water partition coefficient (Wildman–Crippen LogP) is 4.23. The lowest BCUT2D eigenvalue weighted by molar-refractivity contribution is -0.131. The van der Waals surface area contributed by atoms with Crippen molar-refractivity contribution in [2.24, 2.45) is 0 Å². The van der Waals surface area contributed by atoms with Crippen LogP contribution in [0.4, 0.5) is 0 Å². The summed E-state index contributed by atoms with van der Waals surface area (Å²) in [6, 6.07) is 11.9. The normalized spacial score (nSPS) is 11.3. The summed E-state index contributed by atoms with van der Waals surface area (Å²) in [5.41, 5.74) is 0.714. The zero-order valence-corrected chi connectivity index (χ0v) is 11.6. The van der Waals surface area contributed by atoms with Crippen molar-refractivity contribution < 1.29 is 9.53 Å². The number of hydrogen-bond acceptors (Lipinski definition) is 2. The summed E-state index contributed by atoms with van der Waals surface area (Å²) < 4.78 is 5.46. The van der Waals surface area contributed by atoms with Crippen LogP contribution in [0, 0.1) is 0 Å². The Hall–Kier alpha value is -2.09. The van der Waals surface area contributed by atoms with E-state index >= 15 is 0 Å². The number of allylic oxidation sites excluding steroid dienone is 1. The van der Waals surface area contributed by atoms with Gasteiger partial charge < -0.3 is 4.74 Å². The second-order valence-electron chi connectivity index (χ2n) is 5.18. The Bertz CT molecular complexity index is 639. The molecule has 0 aromatic heterocycles. The molecule has 0 aliphatic heterocycles. The monoisotopic (exact) mass is 254 g/mol. The molecular weight excluding hydrogens is 236 g/mol. The van der Waals surface area contributed by atoms with Crippen molar-refractivity contribution in [2.45, 2.75) is 26.2 Å². The van der Waals surface area contributed by atoms with Crippen molar-refractivity contribution in [2.75, 3.05) is 0 Å². The van der Waals surface area contributed by atoms with Crippen LogP contribution in [-0.4, -0.2) is 5.97 Å². The highest BCUT2D eigenvalue weighted by molar-refractivity contribution is 5.92. The Balaban J connectivity index is 2.76. The van der Waals surface area contributed by atoms with Crippen molar-refractivity contribution in [3.63, 3.8) is 0 Å². The number of ether oxygens (including phenoxy) is 1. The average Bonchev–Trinajstić information content (AvgIpc) is 2.38. The van der Waals surface area contributed by atoms with E-state index in [-0.39, 0.29) is 11.4 Å². The first-order valence-corrected chi connectivity index (χ1v) is 6.30. The molecule has 2 rings (SSSR count). The van der Waals surface area contributed by atoms with Gasteiger partial charge in [-0.05, 0) is 5.39 Å². The Morgan fingerprint density at radius 2 is 1.89 bits per heavy atom. The third-order valence-corrected chi connectivity index (χ3v) is 3.33. The van der Waals surface area contributed by atoms with E-state index in [2.05, 4.69) is 20.4 Å². The lowest BCUT2D eigenvalue weighted by atomic mass is 9.83. The van der Waals surface area contributed by atoms with Crippen molar-refractivity contribution in [1.29, 1.82) is 0 Å². The van der Waals surface area contributed by atoms with Crippen LogP contribution in [0.15, 0.2) is 49.1 Å². The Morgan fingerprint density at radius 1 is 1.21 bits per heavy atom. The van der Waals surface area contributed by atoms with Crippen LogP contribution in [0.3, 0.4) is 0 Å². The van der Waals surface area contributed by atoms with Crippen LogP contribution in [0.2, 0.25) is 0 Å². The second kappa shape index (κ2) is 4.88. The van der Waals surface area contributed by atoms with Gasteiger partial charge in [-0.15, -0.1) is 6.58 Å². The van der Waals surface area contributed by atoms with Crippen LogP contribution < -0.4 is 4.74 Å². The number of esters is 1. The molecule has 0 saturated carbocycles. The van der Waals surface area contributed by atoms with Crippen LogP contribution >= 0.6 is 0 Å². The van der Waals surface area contributed by atoms with E-state index in [4.69, 9.17) is 4.74 Å². The molecule has 0 N–H and O–H groups in total. The maximum Gasteiger partial charge on any atom is 0.308 e. The summed E-state index contributed by atoms with van der Waals surface area (Å²) in [5.74, 6) is 0.327. The Kier molecular flexibility index (Phi) is 3.43. The van der Waals surface area contributed by atoms with Gasteiger partial charge in [0.05, 0.1) is 0 Å². The van der Waals surface area contributed by atoms with Gasteiger partial charge in [0.2, 0.25) is 0 Å². The van der Waals surface area contributed by atoms with E-state index < -0.39 is 0 Å². The highest BCUT2D eigenvalue weighted by Gasteiger charge is 2.23. The molecule has 0 aliphatic rings. The third-order valence-electron chi connectivity index (χ3n) is 3.33. The van der Waals surface area contributed by atoms with Gasteiger partial charge in [-0.25, -0.2) is 0 Å². The largest absolute Gasteiger partial charge is 0.426 e. The summed E-state index contributed by atoms with van der Waals surface area (Å²) in [4.78, 5) is 11.4. The maximum atomic E-state index is 11.4. The third kappa shape index (κ3) is 2.53. The molecule has 19 heavy (non-hydrogen) atoms. The molecule has 2 aromatic carbocycles. The van der Waals surface area contributed by atoms with Gasteiger partial charge in [0.15, 0.2) is 0 Å². The number of fused-ring (bicyclic) bond motifs is 1. The number of benzene rings is 2. The molecule has 0 saturated heterocycles. The molecule has 2 aromatic rings. The van der Waals surface area contributed by atoms with Crippen LogP contribution in [0.1, 0.15) is 26.3 Å². The standard InChI is InChI=1S/C17H18O2/c1-5-17(3,4)15-11-10-13-8-6-7-9-14(13)16(15)19-12(2)18/h5-11H,1H2,2-4H3. The molecule has 0 spiro atoms. The quantitative estimate of drug-likeness (QED) is 0.465. The van der Waals surface area contributed by atoms with Gasteiger partial charge in [0.1, 0.15) is 5.75 Å². The van der Waals surface area contributed by atoms with Crippen LogP contribution in [0.5, 0.6) is 5.75 Å². The van der Waals surface area contributed by atoms with Crippen molar-refractivity contribution in [1.82, 2.24) is 0 Å². The van der Waals surface area contributed by atoms with Gasteiger partial charge >= 0.3 is 5.97 Å². The molecule has 0 radical (unpaired) electrons. The molecule has 2 nitrogen and oxygen atoms in total. The molecule has 0 atom stereocenters. The summed E-state index contributed by atoms with van der Waals surface area (Å²) >= 11 is 0. The van der Waals surface area contributed by atoms with Crippen LogP contribution in [-0.2, 0) is 10.2 Å². The molecular formula is C17H18O2. The summed E-state index contributed by atoms with van der Waals surface area (Å²) in [7, 11) is 0. The summed E-state index contributed by atoms with van der Waals surface area (Å²) in [5, 5.41) is 2.01. The summed E-state index contributed by atoms with van der Waals surface area (Å²) in [6.45, 7) is 9.40. The highest BCUT2D eigenvalue weighted by Crippen LogP contribution is 2.38. The topological polar surface area (TPSA) is 26.3 Å². The van der Waals surface area contributed by atoms with E-state index in [1.807, 2.05) is 42.5 Å². The maximum absolute atomic E-state index is 11.4. The second-order valence-corrected chi connectivity index (χ2v) is 5.18. The van der Waals surface area contributed by atoms with Crippen molar-refractivity contribution >= 4 is 16.7 Å². The fourth-order valence-corrected chi connectivity index (χ4v) is 2.11. The molecule has 2 heteroatoms. The van der Waals surface area contributed by atoms with Gasteiger partial charge in [-0.3, -0.25) is 4.79 Å². The molecule has 0 bridgehead atoms. The molecule has 0 fully saturated rings. The average molecular weight is 254 g/mol. The first-order valence-electron chi connectivity index (χ1n) is 6.30. The van der Waals surface area contributed by atoms with E-state index in [0.717, 1.165) is 16.3 Å². The first-order chi connectivity index (χ1) is 8.95. The number of hydrogen-bond donors (Lipinski definition) is 0. The lowest BCUT2D eigenvalue weighted by Gasteiger charge is -2.24. The minimum Gasteiger partial charge on any atom is -0.426 e. The highest BCUT2D eigenvalue weighted by atomic mass is 16.5. The van der Waals surface area contributed by atoms with E-state index in [1.54, 1.807) is 0 Å². The molecule has 0 heterocycles. The van der Waals surface area contributed by atoms with Crippen molar-refractivity contribution in [3.8, 4) is 5.75 Å². The Morgan fingerprint density at radius 3 is 2.53 bits per heavy atom. The Labute approximate surface area is 113 Å². The zero-order chi connectivity index (χ0) is 14.0. The fourth-order valence-electron chi connectivity index (χ4n) is 2.11. The molecule has 98 valence electrons. The minimum atomic E-state index is -0.308. The van der Waals surface area contributed by atoms with Gasteiger partial charge in [-0.1, -0.05) is 56.3 Å². The number of rotatable bonds is 3. The smallest absolute Gasteiger partial charge is 0.308 e. The lowest BCUT2D eigenvalue weighted by Crippen LogP contribution is -2.16.